The highest BCUT2D eigenvalue weighted by atomic mass is 16.5. The van der Waals surface area contributed by atoms with Gasteiger partial charge in [0.25, 0.3) is 0 Å². The first-order valence-electron chi connectivity index (χ1n) is 8.22. The highest BCUT2D eigenvalue weighted by Crippen LogP contribution is 2.14. The van der Waals surface area contributed by atoms with Crippen LogP contribution in [-0.2, 0) is 4.74 Å². The molecular weight excluding hydrogens is 236 g/mol. The van der Waals surface area contributed by atoms with E-state index in [1.165, 1.54) is 32.2 Å². The summed E-state index contributed by atoms with van der Waals surface area (Å²) < 4.78 is 5.76. The molecule has 3 heteroatoms. The molecule has 1 N–H and O–H groups in total. The van der Waals surface area contributed by atoms with Gasteiger partial charge in [-0.15, -0.1) is 0 Å². The van der Waals surface area contributed by atoms with Crippen molar-refractivity contribution in [3.05, 3.63) is 0 Å². The highest BCUT2D eigenvalue weighted by molar-refractivity contribution is 4.85. The molecule has 114 valence electrons. The van der Waals surface area contributed by atoms with Crippen molar-refractivity contribution in [2.45, 2.75) is 65.5 Å². The van der Waals surface area contributed by atoms with E-state index in [1.54, 1.807) is 0 Å². The molecule has 1 rings (SSSR count). The Bertz CT molecular complexity index is 221. The lowest BCUT2D eigenvalue weighted by atomic mass is 10.0. The average Bonchev–Trinajstić information content (AvgIpc) is 2.37. The summed E-state index contributed by atoms with van der Waals surface area (Å²) in [5.74, 6) is 0.641. The summed E-state index contributed by atoms with van der Waals surface area (Å²) in [5, 5.41) is 3.71. The van der Waals surface area contributed by atoms with Crippen LogP contribution in [0.3, 0.4) is 0 Å². The molecule has 0 aliphatic carbocycles. The fourth-order valence-electron chi connectivity index (χ4n) is 2.86. The van der Waals surface area contributed by atoms with Crippen LogP contribution in [-0.4, -0.2) is 49.8 Å². The number of ether oxygens (including phenoxy) is 1. The smallest absolute Gasteiger partial charge is 0.0593 e. The van der Waals surface area contributed by atoms with Gasteiger partial charge in [-0.1, -0.05) is 40.5 Å². The molecule has 0 saturated carbocycles. The Balaban J connectivity index is 2.33. The fourth-order valence-corrected chi connectivity index (χ4v) is 2.86. The summed E-state index contributed by atoms with van der Waals surface area (Å²) in [6, 6.07) is 1.39. The minimum atomic E-state index is 0.641. The van der Waals surface area contributed by atoms with Crippen molar-refractivity contribution in [1.29, 1.82) is 0 Å². The predicted octanol–water partition coefficient (Wildman–Crippen LogP) is 2.90. The Kier molecular flexibility index (Phi) is 8.67. The summed E-state index contributed by atoms with van der Waals surface area (Å²) in [6.07, 6.45) is 5.14. The van der Waals surface area contributed by atoms with Gasteiger partial charge in [-0.3, -0.25) is 4.90 Å². The van der Waals surface area contributed by atoms with E-state index in [4.69, 9.17) is 4.74 Å². The number of hydrogen-bond acceptors (Lipinski definition) is 3. The molecule has 3 nitrogen and oxygen atoms in total. The van der Waals surface area contributed by atoms with Crippen molar-refractivity contribution in [3.63, 3.8) is 0 Å². The second kappa shape index (κ2) is 9.73. The zero-order valence-electron chi connectivity index (χ0n) is 13.5. The molecule has 2 unspecified atom stereocenters. The fraction of sp³-hybridized carbons (Fsp3) is 1.00. The van der Waals surface area contributed by atoms with Crippen molar-refractivity contribution in [3.8, 4) is 0 Å². The maximum atomic E-state index is 5.76. The van der Waals surface area contributed by atoms with Gasteiger partial charge in [0.1, 0.15) is 0 Å². The van der Waals surface area contributed by atoms with E-state index >= 15 is 0 Å². The Labute approximate surface area is 120 Å². The number of rotatable bonds is 9. The first kappa shape index (κ1) is 16.9. The molecule has 1 fully saturated rings. The molecule has 1 aliphatic heterocycles. The molecule has 1 aliphatic rings. The van der Waals surface area contributed by atoms with Crippen LogP contribution in [0.25, 0.3) is 0 Å². The largest absolute Gasteiger partial charge is 0.380 e. The van der Waals surface area contributed by atoms with Crippen molar-refractivity contribution >= 4 is 0 Å². The summed E-state index contributed by atoms with van der Waals surface area (Å²) in [7, 11) is 0. The SMILES string of the molecule is CCCC1CN(CCOCC(C)C)C(CCC)CN1. The lowest BCUT2D eigenvalue weighted by Gasteiger charge is -2.40. The van der Waals surface area contributed by atoms with E-state index in [0.717, 1.165) is 26.3 Å². The van der Waals surface area contributed by atoms with Crippen LogP contribution in [0.2, 0.25) is 0 Å². The number of nitrogens with one attached hydrogen (secondary N) is 1. The molecule has 0 amide bonds. The maximum Gasteiger partial charge on any atom is 0.0593 e. The van der Waals surface area contributed by atoms with E-state index in [0.29, 0.717) is 18.0 Å². The van der Waals surface area contributed by atoms with Crippen LogP contribution >= 0.6 is 0 Å². The van der Waals surface area contributed by atoms with Crippen molar-refractivity contribution in [1.82, 2.24) is 10.2 Å². The van der Waals surface area contributed by atoms with E-state index in [1.807, 2.05) is 0 Å². The first-order chi connectivity index (χ1) is 9.17. The number of piperazine rings is 1. The summed E-state index contributed by atoms with van der Waals surface area (Å²) >= 11 is 0. The molecule has 0 aromatic carbocycles. The molecule has 1 heterocycles. The molecule has 1 saturated heterocycles. The Morgan fingerprint density at radius 2 is 1.95 bits per heavy atom. The van der Waals surface area contributed by atoms with Gasteiger partial charge in [0.2, 0.25) is 0 Å². The average molecular weight is 270 g/mol. The molecule has 0 aromatic rings. The Morgan fingerprint density at radius 3 is 2.58 bits per heavy atom. The predicted molar refractivity (Wildman–Crippen MR) is 82.6 cm³/mol. The second-order valence-corrected chi connectivity index (χ2v) is 6.30. The summed E-state index contributed by atoms with van der Waals surface area (Å²) in [5.41, 5.74) is 0. The minimum Gasteiger partial charge on any atom is -0.380 e. The van der Waals surface area contributed by atoms with Gasteiger partial charge in [0.05, 0.1) is 6.61 Å². The Hall–Kier alpha value is -0.120. The van der Waals surface area contributed by atoms with Gasteiger partial charge in [-0.2, -0.15) is 0 Å². The van der Waals surface area contributed by atoms with Gasteiger partial charge in [-0.25, -0.2) is 0 Å². The van der Waals surface area contributed by atoms with Crippen LogP contribution < -0.4 is 5.32 Å². The zero-order valence-corrected chi connectivity index (χ0v) is 13.5. The Morgan fingerprint density at radius 1 is 1.21 bits per heavy atom. The normalized spacial score (nSPS) is 25.1. The molecule has 0 spiro atoms. The highest BCUT2D eigenvalue weighted by Gasteiger charge is 2.26. The standard InChI is InChI=1S/C16H34N2O/c1-5-7-15-12-18(9-10-19-13-14(3)4)16(8-6-2)11-17-15/h14-17H,5-13H2,1-4H3. The lowest BCUT2D eigenvalue weighted by Crippen LogP contribution is -2.57. The molecule has 0 aromatic heterocycles. The molecule has 2 atom stereocenters. The molecule has 0 bridgehead atoms. The minimum absolute atomic E-state index is 0.641. The van der Waals surface area contributed by atoms with E-state index < -0.39 is 0 Å². The van der Waals surface area contributed by atoms with Gasteiger partial charge in [0, 0.05) is 38.3 Å². The van der Waals surface area contributed by atoms with Crippen LogP contribution in [0.4, 0.5) is 0 Å². The van der Waals surface area contributed by atoms with E-state index in [-0.39, 0.29) is 0 Å². The van der Waals surface area contributed by atoms with Crippen LogP contribution in [0.15, 0.2) is 0 Å². The third kappa shape index (κ3) is 6.73. The molecule has 19 heavy (non-hydrogen) atoms. The van der Waals surface area contributed by atoms with Crippen LogP contribution in [0.5, 0.6) is 0 Å². The zero-order chi connectivity index (χ0) is 14.1. The van der Waals surface area contributed by atoms with Crippen molar-refractivity contribution < 1.29 is 4.74 Å². The van der Waals surface area contributed by atoms with Gasteiger partial charge in [0.15, 0.2) is 0 Å². The van der Waals surface area contributed by atoms with Crippen molar-refractivity contribution in [2.24, 2.45) is 5.92 Å². The summed E-state index contributed by atoms with van der Waals surface area (Å²) in [6.45, 7) is 14.2. The monoisotopic (exact) mass is 270 g/mol. The molecular formula is C16H34N2O. The van der Waals surface area contributed by atoms with Gasteiger partial charge < -0.3 is 10.1 Å². The molecule has 0 radical (unpaired) electrons. The third-order valence-electron chi connectivity index (χ3n) is 3.85. The van der Waals surface area contributed by atoms with Crippen LogP contribution in [0, 0.1) is 5.92 Å². The first-order valence-corrected chi connectivity index (χ1v) is 8.22. The number of hydrogen-bond donors (Lipinski definition) is 1. The third-order valence-corrected chi connectivity index (χ3v) is 3.85. The van der Waals surface area contributed by atoms with Gasteiger partial charge in [-0.05, 0) is 18.8 Å². The van der Waals surface area contributed by atoms with E-state index in [9.17, 15) is 0 Å². The maximum absolute atomic E-state index is 5.76. The number of nitrogens with zero attached hydrogens (tertiary/aromatic N) is 1. The topological polar surface area (TPSA) is 24.5 Å². The second-order valence-electron chi connectivity index (χ2n) is 6.30. The lowest BCUT2D eigenvalue weighted by molar-refractivity contribution is 0.0516. The van der Waals surface area contributed by atoms with E-state index in [2.05, 4.69) is 37.9 Å². The van der Waals surface area contributed by atoms with Gasteiger partial charge >= 0.3 is 0 Å². The van der Waals surface area contributed by atoms with Crippen LogP contribution in [0.1, 0.15) is 53.4 Å². The quantitative estimate of drug-likeness (QED) is 0.652. The summed E-state index contributed by atoms with van der Waals surface area (Å²) in [4.78, 5) is 2.65. The van der Waals surface area contributed by atoms with Crippen molar-refractivity contribution in [2.75, 3.05) is 32.8 Å².